The van der Waals surface area contributed by atoms with Gasteiger partial charge >= 0.3 is 5.97 Å². The molecule has 1 rings (SSSR count). The Labute approximate surface area is 105 Å². The first-order valence-electron chi connectivity index (χ1n) is 5.38. The Morgan fingerprint density at radius 3 is 2.67 bits per heavy atom. The largest absolute Gasteiger partial charge is 0.464 e. The van der Waals surface area contributed by atoms with E-state index in [-0.39, 0.29) is 12.3 Å². The number of ether oxygens (including phenoxy) is 2. The predicted molar refractivity (Wildman–Crippen MR) is 64.5 cm³/mol. The lowest BCUT2D eigenvalue weighted by Gasteiger charge is -2.20. The van der Waals surface area contributed by atoms with E-state index in [1.807, 2.05) is 0 Å². The topological polar surface area (TPSA) is 84.8 Å². The van der Waals surface area contributed by atoms with Crippen LogP contribution in [0.5, 0.6) is 0 Å². The summed E-state index contributed by atoms with van der Waals surface area (Å²) in [7, 11) is 4.57. The molecule has 7 nitrogen and oxygen atoms in total. The average Bonchev–Trinajstić information content (AvgIpc) is 2.38. The zero-order valence-corrected chi connectivity index (χ0v) is 10.7. The number of aliphatic hydroxyl groups is 1. The summed E-state index contributed by atoms with van der Waals surface area (Å²) in [6.45, 7) is 0.609. The minimum atomic E-state index is -0.609. The fourth-order valence-electron chi connectivity index (χ4n) is 1.40. The zero-order valence-electron chi connectivity index (χ0n) is 10.7. The fourth-order valence-corrected chi connectivity index (χ4v) is 1.40. The molecule has 0 bridgehead atoms. The van der Waals surface area contributed by atoms with Gasteiger partial charge in [0.25, 0.3) is 0 Å². The second-order valence-electron chi connectivity index (χ2n) is 3.76. The van der Waals surface area contributed by atoms with Gasteiger partial charge in [0.15, 0.2) is 11.5 Å². The van der Waals surface area contributed by atoms with Crippen molar-refractivity contribution in [3.63, 3.8) is 0 Å². The molecule has 0 fully saturated rings. The average molecular weight is 255 g/mol. The molecule has 18 heavy (non-hydrogen) atoms. The van der Waals surface area contributed by atoms with Gasteiger partial charge in [-0.3, -0.25) is 0 Å². The molecule has 0 saturated heterocycles. The van der Waals surface area contributed by atoms with Gasteiger partial charge in [0.1, 0.15) is 0 Å². The van der Waals surface area contributed by atoms with E-state index in [4.69, 9.17) is 4.74 Å². The second kappa shape index (κ2) is 6.87. The molecule has 0 amide bonds. The molecule has 1 aromatic rings. The highest BCUT2D eigenvalue weighted by Crippen LogP contribution is 2.08. The minimum Gasteiger partial charge on any atom is -0.464 e. The molecular weight excluding hydrogens is 238 g/mol. The van der Waals surface area contributed by atoms with E-state index in [1.165, 1.54) is 20.3 Å². The van der Waals surface area contributed by atoms with E-state index < -0.39 is 12.1 Å². The number of nitrogens with zero attached hydrogens (tertiary/aromatic N) is 3. The molecule has 0 radical (unpaired) electrons. The molecule has 1 N–H and O–H groups in total. The van der Waals surface area contributed by atoms with Crippen LogP contribution in [0.25, 0.3) is 0 Å². The maximum atomic E-state index is 11.2. The van der Waals surface area contributed by atoms with Gasteiger partial charge in [-0.1, -0.05) is 0 Å². The van der Waals surface area contributed by atoms with Crippen LogP contribution < -0.4 is 4.90 Å². The van der Waals surface area contributed by atoms with Crippen LogP contribution in [0.3, 0.4) is 0 Å². The van der Waals surface area contributed by atoms with Crippen LogP contribution in [0.2, 0.25) is 0 Å². The van der Waals surface area contributed by atoms with Crippen molar-refractivity contribution in [1.29, 1.82) is 0 Å². The van der Waals surface area contributed by atoms with Crippen LogP contribution in [-0.2, 0) is 9.47 Å². The number of esters is 1. The number of hydrogen-bond donors (Lipinski definition) is 1. The molecule has 0 aromatic carbocycles. The number of likely N-dealkylation sites (N-methyl/N-ethyl adjacent to an activating group) is 1. The van der Waals surface area contributed by atoms with Gasteiger partial charge in [0, 0.05) is 20.7 Å². The number of rotatable bonds is 6. The lowest BCUT2D eigenvalue weighted by Crippen LogP contribution is -2.32. The quantitative estimate of drug-likeness (QED) is 0.699. The lowest BCUT2D eigenvalue weighted by atomic mass is 10.3. The van der Waals surface area contributed by atoms with Crippen molar-refractivity contribution in [2.75, 3.05) is 39.3 Å². The molecule has 0 aliphatic rings. The summed E-state index contributed by atoms with van der Waals surface area (Å²) in [5.41, 5.74) is 0.145. The molecule has 0 aliphatic carbocycles. The van der Waals surface area contributed by atoms with E-state index >= 15 is 0 Å². The summed E-state index contributed by atoms with van der Waals surface area (Å²) in [6.07, 6.45) is -0.609. The van der Waals surface area contributed by atoms with Crippen LogP contribution in [-0.4, -0.2) is 61.8 Å². The summed E-state index contributed by atoms with van der Waals surface area (Å²) < 4.78 is 9.35. The van der Waals surface area contributed by atoms with Crippen LogP contribution in [0, 0.1) is 0 Å². The first-order valence-corrected chi connectivity index (χ1v) is 5.38. The molecule has 0 aliphatic heterocycles. The summed E-state index contributed by atoms with van der Waals surface area (Å²) >= 11 is 0. The van der Waals surface area contributed by atoms with E-state index in [1.54, 1.807) is 18.0 Å². The first kappa shape index (κ1) is 14.3. The number of hydrogen-bond acceptors (Lipinski definition) is 7. The predicted octanol–water partition coefficient (Wildman–Crippen LogP) is -0.293. The van der Waals surface area contributed by atoms with Gasteiger partial charge in [-0.25, -0.2) is 4.79 Å². The smallest absolute Gasteiger partial charge is 0.358 e. The third kappa shape index (κ3) is 3.94. The van der Waals surface area contributed by atoms with Crippen molar-refractivity contribution in [2.45, 2.75) is 6.10 Å². The highest BCUT2D eigenvalue weighted by molar-refractivity contribution is 5.86. The zero-order chi connectivity index (χ0) is 13.5. The minimum absolute atomic E-state index is 0.145. The van der Waals surface area contributed by atoms with Gasteiger partial charge < -0.3 is 19.5 Å². The molecular formula is C11H17N3O4. The highest BCUT2D eigenvalue weighted by atomic mass is 16.5. The van der Waals surface area contributed by atoms with Crippen LogP contribution in [0.15, 0.2) is 12.1 Å². The maximum Gasteiger partial charge on any atom is 0.358 e. The number of aliphatic hydroxyl groups excluding tert-OH is 1. The monoisotopic (exact) mass is 255 g/mol. The van der Waals surface area contributed by atoms with Crippen molar-refractivity contribution < 1.29 is 19.4 Å². The third-order valence-corrected chi connectivity index (χ3v) is 2.28. The Balaban J connectivity index is 2.64. The van der Waals surface area contributed by atoms with E-state index in [2.05, 4.69) is 14.9 Å². The second-order valence-corrected chi connectivity index (χ2v) is 3.76. The van der Waals surface area contributed by atoms with E-state index in [0.29, 0.717) is 12.4 Å². The van der Waals surface area contributed by atoms with Gasteiger partial charge in [-0.15, -0.1) is 10.2 Å². The molecule has 0 saturated carbocycles. The van der Waals surface area contributed by atoms with Crippen molar-refractivity contribution in [1.82, 2.24) is 10.2 Å². The Morgan fingerprint density at radius 1 is 1.44 bits per heavy atom. The number of anilines is 1. The number of aromatic nitrogens is 2. The molecule has 1 unspecified atom stereocenters. The highest BCUT2D eigenvalue weighted by Gasteiger charge is 2.12. The maximum absolute atomic E-state index is 11.2. The Kier molecular flexibility index (Phi) is 5.47. The molecule has 1 aromatic heterocycles. The number of carbonyl (C=O) groups is 1. The van der Waals surface area contributed by atoms with Gasteiger partial charge in [0.2, 0.25) is 0 Å². The fraction of sp³-hybridized carbons (Fsp3) is 0.545. The Morgan fingerprint density at radius 2 is 2.17 bits per heavy atom. The molecule has 1 atom stereocenters. The van der Waals surface area contributed by atoms with Crippen LogP contribution in [0.1, 0.15) is 10.5 Å². The summed E-state index contributed by atoms with van der Waals surface area (Å²) in [4.78, 5) is 12.9. The standard InChI is InChI=1S/C11H17N3O4/c1-14(6-8(15)7-17-2)10-5-4-9(12-13-10)11(16)18-3/h4-5,8,15H,6-7H2,1-3H3. The van der Waals surface area contributed by atoms with Gasteiger partial charge in [-0.05, 0) is 12.1 Å². The molecule has 100 valence electrons. The number of methoxy groups -OCH3 is 2. The summed E-state index contributed by atoms with van der Waals surface area (Å²) in [6, 6.07) is 3.16. The summed E-state index contributed by atoms with van der Waals surface area (Å²) in [5, 5.41) is 17.2. The molecule has 0 spiro atoms. The molecule has 1 heterocycles. The van der Waals surface area contributed by atoms with Crippen molar-refractivity contribution in [2.24, 2.45) is 0 Å². The summed E-state index contributed by atoms with van der Waals surface area (Å²) in [5.74, 6) is 0.0222. The van der Waals surface area contributed by atoms with Crippen molar-refractivity contribution in [3.05, 3.63) is 17.8 Å². The third-order valence-electron chi connectivity index (χ3n) is 2.28. The van der Waals surface area contributed by atoms with Crippen LogP contribution >= 0.6 is 0 Å². The van der Waals surface area contributed by atoms with E-state index in [0.717, 1.165) is 0 Å². The number of carbonyl (C=O) groups excluding carboxylic acids is 1. The normalized spacial score (nSPS) is 12.0. The molecule has 7 heteroatoms. The van der Waals surface area contributed by atoms with Crippen molar-refractivity contribution >= 4 is 11.8 Å². The first-order chi connectivity index (χ1) is 8.58. The van der Waals surface area contributed by atoms with E-state index in [9.17, 15) is 9.90 Å². The van der Waals surface area contributed by atoms with Gasteiger partial charge in [0.05, 0.1) is 19.8 Å². The SMILES string of the molecule is COCC(O)CN(C)c1ccc(C(=O)OC)nn1. The lowest BCUT2D eigenvalue weighted by molar-refractivity contribution is 0.0592. The van der Waals surface area contributed by atoms with Crippen LogP contribution in [0.4, 0.5) is 5.82 Å². The Hall–Kier alpha value is -1.73. The Bertz CT molecular complexity index is 382. The van der Waals surface area contributed by atoms with Crippen molar-refractivity contribution in [3.8, 4) is 0 Å². The van der Waals surface area contributed by atoms with Gasteiger partial charge in [-0.2, -0.15) is 0 Å².